The van der Waals surface area contributed by atoms with Gasteiger partial charge in [0.2, 0.25) is 0 Å². The van der Waals surface area contributed by atoms with Gasteiger partial charge in [-0.3, -0.25) is 4.57 Å². The van der Waals surface area contributed by atoms with E-state index in [9.17, 15) is 14.4 Å². The molecule has 0 atom stereocenters. The minimum atomic E-state index is -4.09. The van der Waals surface area contributed by atoms with Gasteiger partial charge in [-0.1, -0.05) is 195 Å². The fourth-order valence-corrected chi connectivity index (χ4v) is 9.99. The van der Waals surface area contributed by atoms with Crippen LogP contribution in [0.5, 0.6) is 0 Å². The third kappa shape index (κ3) is 28.2. The van der Waals surface area contributed by atoms with Gasteiger partial charge in [0.25, 0.3) is 0 Å². The molecule has 0 saturated heterocycles. The molecule has 2 N–H and O–H groups in total. The van der Waals surface area contributed by atoms with Crippen LogP contribution in [0.3, 0.4) is 0 Å². The van der Waals surface area contributed by atoms with Crippen LogP contribution in [0.1, 0.15) is 266 Å². The van der Waals surface area contributed by atoms with Gasteiger partial charge in [-0.15, -0.1) is 0 Å². The summed E-state index contributed by atoms with van der Waals surface area (Å²) in [6.45, 7) is 16.2. The summed E-state index contributed by atoms with van der Waals surface area (Å²) in [5.41, 5.74) is 0. The number of quaternary nitrogens is 1. The van der Waals surface area contributed by atoms with E-state index in [-0.39, 0.29) is 0 Å². The first kappa shape index (κ1) is 51.1. The molecule has 0 amide bonds. The van der Waals surface area contributed by atoms with Crippen molar-refractivity contribution in [2.75, 3.05) is 26.2 Å². The third-order valence-electron chi connectivity index (χ3n) is 12.7. The lowest BCUT2D eigenvalue weighted by Gasteiger charge is -2.40. The van der Waals surface area contributed by atoms with E-state index in [1.807, 2.05) is 13.8 Å². The van der Waals surface area contributed by atoms with Crippen LogP contribution < -0.4 is 0 Å². The van der Waals surface area contributed by atoms with Crippen LogP contribution >= 0.6 is 7.60 Å². The van der Waals surface area contributed by atoms with Crippen molar-refractivity contribution in [3.63, 3.8) is 0 Å². The lowest BCUT2D eigenvalue weighted by atomic mass is 9.94. The molecule has 0 saturated carbocycles. The van der Waals surface area contributed by atoms with Crippen LogP contribution in [0.4, 0.5) is 0 Å². The summed E-state index contributed by atoms with van der Waals surface area (Å²) in [5.74, 6) is 0. The monoisotopic (exact) mass is 743 g/mol. The highest BCUT2D eigenvalue weighted by atomic mass is 31.2. The smallest absolute Gasteiger partial charge is 0.324 e. The van der Waals surface area contributed by atoms with Gasteiger partial charge in [0.1, 0.15) is 0 Å². The fraction of sp³-hybridized carbons (Fsp3) is 1.00. The second-order valence-electron chi connectivity index (χ2n) is 17.1. The van der Waals surface area contributed by atoms with Crippen molar-refractivity contribution in [1.82, 2.24) is 0 Å². The van der Waals surface area contributed by atoms with Crippen LogP contribution in [0, 0.1) is 0 Å². The van der Waals surface area contributed by atoms with E-state index in [0.717, 1.165) is 12.8 Å². The zero-order valence-electron chi connectivity index (χ0n) is 36.0. The predicted octanol–water partition coefficient (Wildman–Crippen LogP) is 15.9. The van der Waals surface area contributed by atoms with Crippen molar-refractivity contribution in [3.05, 3.63) is 0 Å². The van der Waals surface area contributed by atoms with Gasteiger partial charge in [-0.25, -0.2) is 0 Å². The molecule has 0 radical (unpaired) electrons. The molecule has 308 valence electrons. The molecule has 4 nitrogen and oxygen atoms in total. The van der Waals surface area contributed by atoms with E-state index >= 15 is 0 Å². The molecule has 0 aromatic carbocycles. The minimum absolute atomic E-state index is 0.573. The maximum absolute atomic E-state index is 12.4. The Morgan fingerprint density at radius 2 is 0.569 bits per heavy atom. The normalized spacial score (nSPS) is 12.7. The Kier molecular flexibility index (Phi) is 35.9. The van der Waals surface area contributed by atoms with Gasteiger partial charge in [-0.2, -0.15) is 0 Å². The van der Waals surface area contributed by atoms with Gasteiger partial charge in [0.15, 0.2) is 0 Å². The van der Waals surface area contributed by atoms with Gasteiger partial charge >= 0.3 is 7.60 Å². The quantitative estimate of drug-likeness (QED) is 0.0372. The van der Waals surface area contributed by atoms with Crippen LogP contribution in [-0.4, -0.2) is 45.6 Å². The molecule has 0 fully saturated rings. The van der Waals surface area contributed by atoms with Gasteiger partial charge < -0.3 is 14.3 Å². The van der Waals surface area contributed by atoms with Gasteiger partial charge in [0.05, 0.1) is 31.3 Å². The molecule has 51 heavy (non-hydrogen) atoms. The summed E-state index contributed by atoms with van der Waals surface area (Å²) in [5, 5.41) is -0.819. The number of hydrogen-bond donors (Lipinski definition) is 2. The number of hydrogen-bond acceptors (Lipinski definition) is 1. The average molecular weight is 743 g/mol. The highest BCUT2D eigenvalue weighted by Gasteiger charge is 2.42. The molecule has 0 aliphatic carbocycles. The first-order valence-corrected chi connectivity index (χ1v) is 25.3. The Morgan fingerprint density at radius 3 is 0.784 bits per heavy atom. The highest BCUT2D eigenvalue weighted by Crippen LogP contribution is 2.57. The predicted molar refractivity (Wildman–Crippen MR) is 229 cm³/mol. The Labute approximate surface area is 322 Å². The molecule has 0 aromatic heterocycles. The first-order chi connectivity index (χ1) is 24.8. The Morgan fingerprint density at radius 1 is 0.353 bits per heavy atom. The van der Waals surface area contributed by atoms with Gasteiger partial charge in [0, 0.05) is 0 Å². The Bertz CT molecular complexity index is 689. The van der Waals surface area contributed by atoms with Crippen molar-refractivity contribution in [1.29, 1.82) is 0 Å². The number of nitrogens with zero attached hydrogens (tertiary/aromatic N) is 1. The Hall–Kier alpha value is 0.110. The highest BCUT2D eigenvalue weighted by molar-refractivity contribution is 7.53. The maximum atomic E-state index is 12.4. The van der Waals surface area contributed by atoms with E-state index in [1.165, 1.54) is 230 Å². The second kappa shape index (κ2) is 35.8. The zero-order valence-corrected chi connectivity index (χ0v) is 36.9. The van der Waals surface area contributed by atoms with Crippen molar-refractivity contribution in [2.45, 2.75) is 271 Å². The molecule has 0 bridgehead atoms. The van der Waals surface area contributed by atoms with E-state index < -0.39 is 12.8 Å². The van der Waals surface area contributed by atoms with Gasteiger partial charge in [-0.05, 0) is 70.6 Å². The standard InChI is InChI=1S/C46H96NO3P/c1-6-11-14-17-20-23-26-29-32-37-42-47(43-38-33-30-27-24-21-18-15-12-7-2,44-39-34-31-28-25-22-19-16-13-8-3)45-40-35-36-41-46(9-4,10-5)51(48,49)50/h6-45H2,1-5H3,(H-,48,49,50)/p+1. The van der Waals surface area contributed by atoms with E-state index in [2.05, 4.69) is 20.8 Å². The summed E-state index contributed by atoms with van der Waals surface area (Å²) in [6.07, 6.45) is 47.2. The van der Waals surface area contributed by atoms with Crippen LogP contribution in [-0.2, 0) is 4.57 Å². The molecular weight excluding hydrogens is 645 g/mol. The zero-order chi connectivity index (χ0) is 37.8. The van der Waals surface area contributed by atoms with E-state index in [0.29, 0.717) is 19.3 Å². The minimum Gasteiger partial charge on any atom is -0.324 e. The summed E-state index contributed by atoms with van der Waals surface area (Å²) < 4.78 is 13.8. The summed E-state index contributed by atoms with van der Waals surface area (Å²) in [6, 6.07) is 0. The van der Waals surface area contributed by atoms with Crippen LogP contribution in [0.25, 0.3) is 0 Å². The molecule has 0 rings (SSSR count). The van der Waals surface area contributed by atoms with Crippen LogP contribution in [0.15, 0.2) is 0 Å². The van der Waals surface area contributed by atoms with Crippen molar-refractivity contribution in [3.8, 4) is 0 Å². The lowest BCUT2D eigenvalue weighted by Crippen LogP contribution is -2.50. The average Bonchev–Trinajstić information content (AvgIpc) is 3.11. The van der Waals surface area contributed by atoms with E-state index in [4.69, 9.17) is 0 Å². The molecule has 0 aromatic rings. The SMILES string of the molecule is CCCCCCCCCCCC[N+](CCCCCCCCCCCC)(CCCCCCCCCCCC)CCCCCC(CC)(CC)P(=O)(O)O. The maximum Gasteiger partial charge on any atom is 0.331 e. The molecular formula is C46H97NO3P+. The molecule has 0 unspecified atom stereocenters. The Balaban J connectivity index is 5.23. The molecule has 0 aliphatic heterocycles. The van der Waals surface area contributed by atoms with Crippen LogP contribution in [0.2, 0.25) is 0 Å². The molecule has 0 heterocycles. The fourth-order valence-electron chi connectivity index (χ4n) is 8.71. The van der Waals surface area contributed by atoms with Crippen molar-refractivity contribution in [2.24, 2.45) is 0 Å². The first-order valence-electron chi connectivity index (χ1n) is 23.7. The number of rotatable bonds is 42. The molecule has 5 heteroatoms. The van der Waals surface area contributed by atoms with Crippen molar-refractivity contribution >= 4 is 7.60 Å². The second-order valence-corrected chi connectivity index (χ2v) is 19.1. The topological polar surface area (TPSA) is 57.5 Å². The van der Waals surface area contributed by atoms with Crippen molar-refractivity contribution < 1.29 is 18.8 Å². The summed E-state index contributed by atoms with van der Waals surface area (Å²) in [4.78, 5) is 20.4. The molecule has 0 spiro atoms. The molecule has 0 aliphatic rings. The summed E-state index contributed by atoms with van der Waals surface area (Å²) in [7, 11) is -4.09. The lowest BCUT2D eigenvalue weighted by molar-refractivity contribution is -0.929. The number of unbranched alkanes of at least 4 members (excludes halogenated alkanes) is 29. The summed E-state index contributed by atoms with van der Waals surface area (Å²) >= 11 is 0. The third-order valence-corrected chi connectivity index (χ3v) is 14.8. The largest absolute Gasteiger partial charge is 0.331 e. The van der Waals surface area contributed by atoms with E-state index in [1.54, 1.807) is 0 Å².